The van der Waals surface area contributed by atoms with Crippen LogP contribution in [-0.4, -0.2) is 49.9 Å². The zero-order valence-corrected chi connectivity index (χ0v) is 12.0. The Balaban J connectivity index is 2.48. The molecular weight excluding hydrogens is 248 g/mol. The van der Waals surface area contributed by atoms with Gasteiger partial charge in [0, 0.05) is 13.6 Å². The Bertz CT molecular complexity index is 367. The van der Waals surface area contributed by atoms with E-state index < -0.39 is 5.38 Å². The van der Waals surface area contributed by atoms with E-state index in [4.69, 9.17) is 11.6 Å². The van der Waals surface area contributed by atoms with Crippen LogP contribution in [0.25, 0.3) is 0 Å². The SMILES string of the molecule is CN(C)CCCN(C)C(=O)C(Cl)c1ccccc1. The van der Waals surface area contributed by atoms with E-state index in [1.54, 1.807) is 11.9 Å². The maximum absolute atomic E-state index is 12.1. The normalized spacial score (nSPS) is 12.5. The second-order valence-corrected chi connectivity index (χ2v) is 5.13. The number of hydrogen-bond acceptors (Lipinski definition) is 2. The molecule has 0 spiro atoms. The predicted molar refractivity (Wildman–Crippen MR) is 75.8 cm³/mol. The summed E-state index contributed by atoms with van der Waals surface area (Å²) < 4.78 is 0. The maximum Gasteiger partial charge on any atom is 0.244 e. The van der Waals surface area contributed by atoms with E-state index in [0.29, 0.717) is 0 Å². The fourth-order valence-corrected chi connectivity index (χ4v) is 2.00. The topological polar surface area (TPSA) is 23.6 Å². The van der Waals surface area contributed by atoms with E-state index in [2.05, 4.69) is 4.90 Å². The summed E-state index contributed by atoms with van der Waals surface area (Å²) in [7, 11) is 5.85. The Kier molecular flexibility index (Phi) is 6.16. The van der Waals surface area contributed by atoms with Crippen molar-refractivity contribution >= 4 is 17.5 Å². The molecule has 0 radical (unpaired) electrons. The fourth-order valence-electron chi connectivity index (χ4n) is 1.69. The highest BCUT2D eigenvalue weighted by Crippen LogP contribution is 2.22. The lowest BCUT2D eigenvalue weighted by molar-refractivity contribution is -0.129. The number of likely N-dealkylation sites (N-methyl/N-ethyl adjacent to an activating group) is 1. The van der Waals surface area contributed by atoms with Crippen molar-refractivity contribution < 1.29 is 4.79 Å². The van der Waals surface area contributed by atoms with Crippen LogP contribution in [0.4, 0.5) is 0 Å². The fraction of sp³-hybridized carbons (Fsp3) is 0.500. The van der Waals surface area contributed by atoms with Crippen molar-refractivity contribution in [2.45, 2.75) is 11.8 Å². The second kappa shape index (κ2) is 7.39. The number of halogens is 1. The van der Waals surface area contributed by atoms with Crippen LogP contribution in [0.15, 0.2) is 30.3 Å². The minimum absolute atomic E-state index is 0.0402. The van der Waals surface area contributed by atoms with Gasteiger partial charge in [0.2, 0.25) is 5.91 Å². The van der Waals surface area contributed by atoms with Gasteiger partial charge in [-0.05, 0) is 32.6 Å². The van der Waals surface area contributed by atoms with Crippen molar-refractivity contribution in [2.75, 3.05) is 34.2 Å². The van der Waals surface area contributed by atoms with Gasteiger partial charge in [0.05, 0.1) is 0 Å². The number of nitrogens with zero attached hydrogens (tertiary/aromatic N) is 2. The lowest BCUT2D eigenvalue weighted by atomic mass is 10.1. The largest absolute Gasteiger partial charge is 0.344 e. The zero-order chi connectivity index (χ0) is 13.5. The quantitative estimate of drug-likeness (QED) is 0.740. The van der Waals surface area contributed by atoms with Gasteiger partial charge in [-0.1, -0.05) is 30.3 Å². The molecule has 0 fully saturated rings. The monoisotopic (exact) mass is 268 g/mol. The summed E-state index contributed by atoms with van der Waals surface area (Å²) in [6.07, 6.45) is 0.952. The van der Waals surface area contributed by atoms with Crippen LogP contribution >= 0.6 is 11.6 Å². The second-order valence-electron chi connectivity index (χ2n) is 4.69. The molecule has 0 aromatic heterocycles. The van der Waals surface area contributed by atoms with Crippen molar-refractivity contribution in [1.82, 2.24) is 9.80 Å². The van der Waals surface area contributed by atoms with E-state index in [-0.39, 0.29) is 5.91 Å². The van der Waals surface area contributed by atoms with Gasteiger partial charge in [0.25, 0.3) is 0 Å². The van der Waals surface area contributed by atoms with Crippen LogP contribution in [0.3, 0.4) is 0 Å². The lowest BCUT2D eigenvalue weighted by Crippen LogP contribution is -2.32. The minimum atomic E-state index is -0.587. The molecule has 1 rings (SSSR count). The highest BCUT2D eigenvalue weighted by atomic mass is 35.5. The van der Waals surface area contributed by atoms with Crippen LogP contribution in [0.5, 0.6) is 0 Å². The molecule has 0 saturated heterocycles. The number of amides is 1. The molecule has 0 heterocycles. The van der Waals surface area contributed by atoms with E-state index in [1.807, 2.05) is 44.4 Å². The van der Waals surface area contributed by atoms with Crippen LogP contribution < -0.4 is 0 Å². The molecule has 0 N–H and O–H groups in total. The van der Waals surface area contributed by atoms with Crippen molar-refractivity contribution in [3.8, 4) is 0 Å². The summed E-state index contributed by atoms with van der Waals surface area (Å²) in [6.45, 7) is 1.70. The van der Waals surface area contributed by atoms with E-state index >= 15 is 0 Å². The molecule has 1 unspecified atom stereocenters. The van der Waals surface area contributed by atoms with Gasteiger partial charge in [-0.2, -0.15) is 0 Å². The van der Waals surface area contributed by atoms with E-state index in [9.17, 15) is 4.79 Å². The number of hydrogen-bond donors (Lipinski definition) is 0. The van der Waals surface area contributed by atoms with Crippen molar-refractivity contribution in [3.05, 3.63) is 35.9 Å². The first-order valence-corrected chi connectivity index (χ1v) is 6.54. The summed E-state index contributed by atoms with van der Waals surface area (Å²) in [5.41, 5.74) is 0.851. The van der Waals surface area contributed by atoms with Crippen molar-refractivity contribution in [1.29, 1.82) is 0 Å². The molecule has 3 nitrogen and oxygen atoms in total. The van der Waals surface area contributed by atoms with Gasteiger partial charge in [0.15, 0.2) is 0 Å². The number of carbonyl (C=O) groups is 1. The highest BCUT2D eigenvalue weighted by Gasteiger charge is 2.20. The molecule has 4 heteroatoms. The Morgan fingerprint density at radius 3 is 2.33 bits per heavy atom. The Hall–Kier alpha value is -1.06. The summed E-state index contributed by atoms with van der Waals surface area (Å²) >= 11 is 6.19. The lowest BCUT2D eigenvalue weighted by Gasteiger charge is -2.21. The highest BCUT2D eigenvalue weighted by molar-refractivity contribution is 6.30. The number of rotatable bonds is 6. The Labute approximate surface area is 114 Å². The predicted octanol–water partition coefficient (Wildman–Crippen LogP) is 2.38. The molecule has 0 bridgehead atoms. The molecule has 0 saturated carbocycles. The van der Waals surface area contributed by atoms with Gasteiger partial charge in [0.1, 0.15) is 5.38 Å². The average molecular weight is 269 g/mol. The van der Waals surface area contributed by atoms with E-state index in [0.717, 1.165) is 25.1 Å². The van der Waals surface area contributed by atoms with Crippen LogP contribution in [0, 0.1) is 0 Å². The first-order chi connectivity index (χ1) is 8.52. The van der Waals surface area contributed by atoms with Crippen LogP contribution in [0.2, 0.25) is 0 Å². The average Bonchev–Trinajstić information content (AvgIpc) is 2.37. The molecule has 18 heavy (non-hydrogen) atoms. The van der Waals surface area contributed by atoms with Gasteiger partial charge < -0.3 is 9.80 Å². The van der Waals surface area contributed by atoms with Gasteiger partial charge >= 0.3 is 0 Å². The first-order valence-electron chi connectivity index (χ1n) is 6.11. The van der Waals surface area contributed by atoms with Crippen LogP contribution in [0.1, 0.15) is 17.4 Å². The smallest absolute Gasteiger partial charge is 0.244 e. The summed E-state index contributed by atoms with van der Waals surface area (Å²) in [5.74, 6) is -0.0402. The molecule has 0 aliphatic carbocycles. The molecule has 0 aliphatic rings. The molecule has 1 atom stereocenters. The minimum Gasteiger partial charge on any atom is -0.344 e. The molecule has 100 valence electrons. The Morgan fingerprint density at radius 2 is 1.78 bits per heavy atom. The van der Waals surface area contributed by atoms with Crippen molar-refractivity contribution in [2.24, 2.45) is 0 Å². The molecule has 1 aromatic carbocycles. The van der Waals surface area contributed by atoms with Gasteiger partial charge in [-0.15, -0.1) is 11.6 Å². The van der Waals surface area contributed by atoms with Gasteiger partial charge in [-0.3, -0.25) is 4.79 Å². The maximum atomic E-state index is 12.1. The third kappa shape index (κ3) is 4.67. The van der Waals surface area contributed by atoms with Crippen LogP contribution in [-0.2, 0) is 4.79 Å². The summed E-state index contributed by atoms with van der Waals surface area (Å²) in [4.78, 5) is 15.9. The Morgan fingerprint density at radius 1 is 1.17 bits per heavy atom. The van der Waals surface area contributed by atoms with Gasteiger partial charge in [-0.25, -0.2) is 0 Å². The number of benzene rings is 1. The third-order valence-electron chi connectivity index (χ3n) is 2.78. The number of carbonyl (C=O) groups excluding carboxylic acids is 1. The standard InChI is InChI=1S/C14H21ClN2O/c1-16(2)10-7-11-17(3)14(18)13(15)12-8-5-4-6-9-12/h4-6,8-9,13H,7,10-11H2,1-3H3. The first kappa shape index (κ1) is 15.0. The molecule has 1 aromatic rings. The molecule has 1 amide bonds. The zero-order valence-electron chi connectivity index (χ0n) is 11.3. The summed E-state index contributed by atoms with van der Waals surface area (Å²) in [5, 5.41) is -0.587. The third-order valence-corrected chi connectivity index (χ3v) is 3.22. The van der Waals surface area contributed by atoms with E-state index in [1.165, 1.54) is 0 Å². The number of alkyl halides is 1. The molecular formula is C14H21ClN2O. The summed E-state index contributed by atoms with van der Waals surface area (Å²) in [6, 6.07) is 9.46. The molecule has 0 aliphatic heterocycles. The van der Waals surface area contributed by atoms with Crippen molar-refractivity contribution in [3.63, 3.8) is 0 Å².